The van der Waals surface area contributed by atoms with Crippen LogP contribution in [0, 0.1) is 0 Å². The van der Waals surface area contributed by atoms with Crippen molar-refractivity contribution < 1.29 is 16.8 Å². The van der Waals surface area contributed by atoms with Gasteiger partial charge < -0.3 is 0 Å². The van der Waals surface area contributed by atoms with E-state index in [-0.39, 0.29) is 9.10 Å². The van der Waals surface area contributed by atoms with E-state index in [1.807, 2.05) is 82.0 Å². The lowest BCUT2D eigenvalue weighted by Gasteiger charge is -2.36. The Morgan fingerprint density at radius 1 is 0.596 bits per heavy atom. The van der Waals surface area contributed by atoms with Crippen molar-refractivity contribution in [1.82, 2.24) is 19.2 Å². The molecule has 8 aromatic rings. The highest BCUT2D eigenvalue weighted by atomic mass is 32.2. The highest BCUT2D eigenvalue weighted by Gasteiger charge is 2.40. The molecule has 0 bridgehead atoms. The lowest BCUT2D eigenvalue weighted by molar-refractivity contribution is 0.461. The second kappa shape index (κ2) is 12.9. The van der Waals surface area contributed by atoms with E-state index in [1.165, 1.54) is 23.8 Å². The molecule has 11 heteroatoms. The van der Waals surface area contributed by atoms with Crippen LogP contribution >= 0.6 is 11.3 Å². The second-order valence-corrected chi connectivity index (χ2v) is 18.0. The molecule has 0 N–H and O–H groups in total. The topological polar surface area (TPSA) is 103 Å². The number of imidazole rings is 1. The zero-order valence-corrected chi connectivity index (χ0v) is 30.6. The molecule has 0 radical (unpaired) electrons. The first kappa shape index (κ1) is 33.5. The van der Waals surface area contributed by atoms with Gasteiger partial charge in [-0.25, -0.2) is 21.8 Å². The number of rotatable bonds is 9. The Hall–Kier alpha value is -5.62. The molecule has 0 atom stereocenters. The predicted octanol–water partition coefficient (Wildman–Crippen LogP) is 8.24. The van der Waals surface area contributed by atoms with Crippen molar-refractivity contribution in [2.45, 2.75) is 14.6 Å². The summed E-state index contributed by atoms with van der Waals surface area (Å²) in [5, 5.41) is 5.41. The predicted molar refractivity (Wildman–Crippen MR) is 206 cm³/mol. The van der Waals surface area contributed by atoms with Crippen LogP contribution in [0.1, 0.15) is 16.7 Å². The summed E-state index contributed by atoms with van der Waals surface area (Å²) in [6.07, 6.45) is 8.19. The number of aromatic nitrogens is 4. The van der Waals surface area contributed by atoms with Gasteiger partial charge in [-0.1, -0.05) is 103 Å². The maximum Gasteiger partial charge on any atom is 0.184 e. The van der Waals surface area contributed by atoms with E-state index in [0.29, 0.717) is 11.3 Å². The van der Waals surface area contributed by atoms with Crippen molar-refractivity contribution in [2.75, 3.05) is 12.5 Å². The number of pyridine rings is 1. The van der Waals surface area contributed by atoms with E-state index in [1.54, 1.807) is 42.6 Å². The fourth-order valence-corrected chi connectivity index (χ4v) is 9.31. The lowest BCUT2D eigenvalue weighted by Crippen LogP contribution is -2.38. The van der Waals surface area contributed by atoms with Gasteiger partial charge in [0.15, 0.2) is 19.7 Å². The first-order chi connectivity index (χ1) is 25.0. The van der Waals surface area contributed by atoms with E-state index in [9.17, 15) is 16.8 Å². The van der Waals surface area contributed by atoms with Crippen molar-refractivity contribution in [2.24, 2.45) is 0 Å². The van der Waals surface area contributed by atoms with Gasteiger partial charge in [-0.2, -0.15) is 5.10 Å². The highest BCUT2D eigenvalue weighted by Crippen LogP contribution is 2.43. The number of sulfone groups is 2. The molecule has 4 aromatic carbocycles. The van der Waals surface area contributed by atoms with E-state index < -0.39 is 25.2 Å². The lowest BCUT2D eigenvalue weighted by atomic mass is 9.77. The van der Waals surface area contributed by atoms with Crippen LogP contribution < -0.4 is 0 Å². The van der Waals surface area contributed by atoms with Gasteiger partial charge in [-0.05, 0) is 53.1 Å². The smallest absolute Gasteiger partial charge is 0.184 e. The van der Waals surface area contributed by atoms with E-state index in [0.717, 1.165) is 44.0 Å². The normalized spacial score (nSPS) is 12.3. The quantitative estimate of drug-likeness (QED) is 0.138. The molecule has 0 saturated carbocycles. The fourth-order valence-electron chi connectivity index (χ4n) is 6.74. The number of hydrogen-bond donors (Lipinski definition) is 0. The van der Waals surface area contributed by atoms with Gasteiger partial charge in [0.05, 0.1) is 21.7 Å². The van der Waals surface area contributed by atoms with Gasteiger partial charge in [0.25, 0.3) is 0 Å². The number of hydrogen-bond acceptors (Lipinski definition) is 7. The van der Waals surface area contributed by atoms with Gasteiger partial charge in [0.2, 0.25) is 0 Å². The van der Waals surface area contributed by atoms with E-state index in [2.05, 4.69) is 47.6 Å². The van der Waals surface area contributed by atoms with Gasteiger partial charge in [0, 0.05) is 41.6 Å². The monoisotopic (exact) mass is 740 g/mol. The van der Waals surface area contributed by atoms with Crippen LogP contribution in [0.15, 0.2) is 167 Å². The molecule has 0 aliphatic rings. The third kappa shape index (κ3) is 5.86. The van der Waals surface area contributed by atoms with Crippen molar-refractivity contribution in [3.05, 3.63) is 175 Å². The summed E-state index contributed by atoms with van der Waals surface area (Å²) >= 11 is 1.20. The number of nitrogens with zero attached hydrogens (tertiary/aromatic N) is 4. The average molecular weight is 741 g/mol. The Kier molecular flexibility index (Phi) is 8.29. The molecule has 8 nitrogen and oxygen atoms in total. The van der Waals surface area contributed by atoms with Crippen LogP contribution in [0.5, 0.6) is 0 Å². The zero-order chi connectivity index (χ0) is 36.1. The van der Waals surface area contributed by atoms with Gasteiger partial charge >= 0.3 is 0 Å². The zero-order valence-electron chi connectivity index (χ0n) is 28.2. The van der Waals surface area contributed by atoms with Gasteiger partial charge in [0.1, 0.15) is 21.1 Å². The molecule has 0 unspecified atom stereocenters. The summed E-state index contributed by atoms with van der Waals surface area (Å²) in [6.45, 7) is 0. The van der Waals surface area contributed by atoms with E-state index in [4.69, 9.17) is 5.10 Å². The number of thiophene rings is 1. The molecule has 0 aliphatic carbocycles. The number of fused-ring (bicyclic) bond motifs is 1. The number of benzene rings is 4. The van der Waals surface area contributed by atoms with Crippen LogP contribution in [-0.2, 0) is 25.2 Å². The van der Waals surface area contributed by atoms with Gasteiger partial charge in [-0.15, -0.1) is 11.3 Å². The molecule has 52 heavy (non-hydrogen) atoms. The first-order valence-electron chi connectivity index (χ1n) is 16.4. The molecule has 0 saturated heterocycles. The molecule has 0 aliphatic heterocycles. The Labute approximate surface area is 306 Å². The van der Waals surface area contributed by atoms with Crippen LogP contribution in [-0.4, -0.2) is 48.5 Å². The van der Waals surface area contributed by atoms with E-state index >= 15 is 0 Å². The molecule has 0 amide bonds. The highest BCUT2D eigenvalue weighted by molar-refractivity contribution is 7.92. The Morgan fingerprint density at radius 3 is 1.67 bits per heavy atom. The molecule has 0 spiro atoms. The van der Waals surface area contributed by atoms with Crippen molar-refractivity contribution in [3.63, 3.8) is 0 Å². The molecular formula is C41H32N4O4S3. The molecule has 4 aromatic heterocycles. The minimum absolute atomic E-state index is 0.221. The Bertz CT molecular complexity index is 2680. The fraction of sp³-hybridized carbons (Fsp3) is 0.0732. The summed E-state index contributed by atoms with van der Waals surface area (Å²) in [7, 11) is -6.79. The summed E-state index contributed by atoms with van der Waals surface area (Å²) in [5.41, 5.74) is 6.63. The summed E-state index contributed by atoms with van der Waals surface area (Å²) in [4.78, 5) is 5.61. The van der Waals surface area contributed by atoms with Crippen LogP contribution in [0.3, 0.4) is 0 Å². The van der Waals surface area contributed by atoms with Crippen LogP contribution in [0.25, 0.3) is 38.6 Å². The van der Waals surface area contributed by atoms with Crippen molar-refractivity contribution in [1.29, 1.82) is 0 Å². The Balaban J connectivity index is 1.41. The van der Waals surface area contributed by atoms with Crippen molar-refractivity contribution in [3.8, 4) is 33.0 Å². The average Bonchev–Trinajstić information content (AvgIpc) is 3.92. The van der Waals surface area contributed by atoms with Crippen LogP contribution in [0.4, 0.5) is 0 Å². The molecule has 258 valence electrons. The third-order valence-corrected chi connectivity index (χ3v) is 13.3. The maximum absolute atomic E-state index is 12.4. The summed E-state index contributed by atoms with van der Waals surface area (Å²) in [5.74, 6) is 0. The second-order valence-electron chi connectivity index (χ2n) is 12.6. The summed E-state index contributed by atoms with van der Waals surface area (Å²) in [6, 6.07) is 45.0. The minimum Gasteiger partial charge on any atom is -0.298 e. The molecule has 4 heterocycles. The first-order valence-corrected chi connectivity index (χ1v) is 21.0. The van der Waals surface area contributed by atoms with Gasteiger partial charge in [-0.3, -0.25) is 9.08 Å². The Morgan fingerprint density at radius 2 is 1.15 bits per heavy atom. The molecule has 8 rings (SSSR count). The summed E-state index contributed by atoms with van der Waals surface area (Å²) < 4.78 is 53.7. The third-order valence-electron chi connectivity index (χ3n) is 9.20. The van der Waals surface area contributed by atoms with Crippen molar-refractivity contribution >= 4 is 36.7 Å². The minimum atomic E-state index is -3.42. The van der Waals surface area contributed by atoms with Crippen LogP contribution in [0.2, 0.25) is 0 Å². The standard InChI is InChI=1S/C41H32N4O4S3/c1-51(46,47)34-21-18-29(19-22-34)40-35(30-20-24-38-42-26-36(44(38)27-30)37-23-25-39(50-37)52(2,48)49)28-45(43-40)41(31-12-6-3-7-13-31,32-14-8-4-9-15-32)33-16-10-5-11-17-33/h3-28H,1-2H3. The maximum atomic E-state index is 12.4. The molecular weight excluding hydrogens is 709 g/mol. The molecule has 0 fully saturated rings. The largest absolute Gasteiger partial charge is 0.298 e. The SMILES string of the molecule is CS(=O)(=O)c1ccc(-c2nn(C(c3ccccc3)(c3ccccc3)c3ccccc3)cc2-c2ccc3ncc(-c4ccc(S(C)(=O)=O)s4)n3c2)cc1.